The predicted octanol–water partition coefficient (Wildman–Crippen LogP) is 2.19. The van der Waals surface area contributed by atoms with Gasteiger partial charge >= 0.3 is 0 Å². The number of nitrogens with zero attached hydrogens (tertiary/aromatic N) is 1. The van der Waals surface area contributed by atoms with Crippen molar-refractivity contribution in [3.63, 3.8) is 0 Å². The SMILES string of the molecule is C=C/C=c1/cc(-c2ccc(F)c(C#N)c2)cc(NC2CCNCC2)/c1=C/N. The maximum absolute atomic E-state index is 13.7. The standard InChI is InChI=1S/C22H23FN4/c1-2-3-16-11-17(15-4-5-21(23)18(10-15)13-24)12-22(20(16)14-25)27-19-6-8-26-9-7-19/h2-5,10-12,14,19,26-27H,1,6-9,25H2/b16-3-,20-14+. The summed E-state index contributed by atoms with van der Waals surface area (Å²) in [7, 11) is 0. The van der Waals surface area contributed by atoms with E-state index in [1.165, 1.54) is 6.07 Å². The van der Waals surface area contributed by atoms with Gasteiger partial charge in [-0.2, -0.15) is 5.26 Å². The minimum atomic E-state index is -0.515. The molecule has 0 unspecified atom stereocenters. The number of benzene rings is 2. The number of nitrogens with two attached hydrogens (primary N) is 1. The molecule has 5 heteroatoms. The first kappa shape index (κ1) is 18.7. The molecule has 4 nitrogen and oxygen atoms in total. The molecule has 0 aliphatic carbocycles. The van der Waals surface area contributed by atoms with Crippen LogP contribution in [-0.2, 0) is 0 Å². The van der Waals surface area contributed by atoms with Crippen molar-refractivity contribution >= 4 is 18.0 Å². The molecule has 0 atom stereocenters. The van der Waals surface area contributed by atoms with Crippen molar-refractivity contribution in [3.8, 4) is 17.2 Å². The highest BCUT2D eigenvalue weighted by Gasteiger charge is 2.14. The van der Waals surface area contributed by atoms with Gasteiger partial charge < -0.3 is 16.4 Å². The van der Waals surface area contributed by atoms with Crippen molar-refractivity contribution in [2.45, 2.75) is 18.9 Å². The van der Waals surface area contributed by atoms with Crippen LogP contribution < -0.4 is 26.8 Å². The van der Waals surface area contributed by atoms with E-state index in [0.29, 0.717) is 6.04 Å². The fourth-order valence-corrected chi connectivity index (χ4v) is 3.39. The summed E-state index contributed by atoms with van der Waals surface area (Å²) in [6.07, 6.45) is 7.26. The summed E-state index contributed by atoms with van der Waals surface area (Å²) in [5, 5.41) is 17.9. The van der Waals surface area contributed by atoms with E-state index in [4.69, 9.17) is 11.0 Å². The van der Waals surface area contributed by atoms with Crippen molar-refractivity contribution in [2.75, 3.05) is 18.4 Å². The Balaban J connectivity index is 2.14. The normalized spacial score (nSPS) is 16.1. The lowest BCUT2D eigenvalue weighted by atomic mass is 9.99. The van der Waals surface area contributed by atoms with Crippen molar-refractivity contribution in [2.24, 2.45) is 5.73 Å². The minimum Gasteiger partial charge on any atom is -0.404 e. The third-order valence-corrected chi connectivity index (χ3v) is 4.80. The summed E-state index contributed by atoms with van der Waals surface area (Å²) in [4.78, 5) is 0. The number of allylic oxidation sites excluding steroid dienone is 1. The second-order valence-electron chi connectivity index (χ2n) is 6.57. The van der Waals surface area contributed by atoms with Gasteiger partial charge in [-0.1, -0.05) is 24.8 Å². The molecule has 3 rings (SSSR count). The number of rotatable bonds is 4. The van der Waals surface area contributed by atoms with Gasteiger partial charge in [-0.3, -0.25) is 0 Å². The number of hydrogen-bond donors (Lipinski definition) is 3. The zero-order valence-electron chi connectivity index (χ0n) is 15.1. The smallest absolute Gasteiger partial charge is 0.140 e. The average Bonchev–Trinajstić information content (AvgIpc) is 2.69. The summed E-state index contributed by atoms with van der Waals surface area (Å²) in [6.45, 7) is 5.75. The van der Waals surface area contributed by atoms with E-state index in [1.807, 2.05) is 24.3 Å². The maximum atomic E-state index is 13.7. The van der Waals surface area contributed by atoms with Gasteiger partial charge in [0.05, 0.1) is 5.56 Å². The van der Waals surface area contributed by atoms with Crippen molar-refractivity contribution in [1.29, 1.82) is 5.26 Å². The third-order valence-electron chi connectivity index (χ3n) is 4.80. The highest BCUT2D eigenvalue weighted by molar-refractivity contribution is 5.71. The molecule has 1 aliphatic heterocycles. The largest absolute Gasteiger partial charge is 0.404 e. The molecule has 1 saturated heterocycles. The number of nitrogens with one attached hydrogen (secondary N) is 2. The van der Waals surface area contributed by atoms with E-state index in [9.17, 15) is 4.39 Å². The van der Waals surface area contributed by atoms with Crippen LogP contribution >= 0.6 is 0 Å². The molecule has 138 valence electrons. The first-order chi connectivity index (χ1) is 13.2. The molecule has 0 amide bonds. The monoisotopic (exact) mass is 362 g/mol. The maximum Gasteiger partial charge on any atom is 0.140 e. The lowest BCUT2D eigenvalue weighted by Gasteiger charge is -2.25. The molecule has 4 N–H and O–H groups in total. The molecule has 2 aromatic rings. The Morgan fingerprint density at radius 1 is 1.22 bits per heavy atom. The molecular weight excluding hydrogens is 339 g/mol. The van der Waals surface area contributed by atoms with Gasteiger partial charge in [0.2, 0.25) is 0 Å². The van der Waals surface area contributed by atoms with E-state index < -0.39 is 5.82 Å². The van der Waals surface area contributed by atoms with Crippen molar-refractivity contribution in [1.82, 2.24) is 5.32 Å². The summed E-state index contributed by atoms with van der Waals surface area (Å²) in [6, 6.07) is 10.8. The van der Waals surface area contributed by atoms with Gasteiger partial charge in [-0.05, 0) is 66.5 Å². The summed E-state index contributed by atoms with van der Waals surface area (Å²) < 4.78 is 13.7. The van der Waals surface area contributed by atoms with Gasteiger partial charge in [-0.25, -0.2) is 4.39 Å². The molecule has 0 bridgehead atoms. The highest BCUT2D eigenvalue weighted by Crippen LogP contribution is 2.23. The second kappa shape index (κ2) is 8.52. The van der Waals surface area contributed by atoms with Crippen molar-refractivity contribution in [3.05, 3.63) is 64.8 Å². The fourth-order valence-electron chi connectivity index (χ4n) is 3.39. The first-order valence-corrected chi connectivity index (χ1v) is 9.02. The molecule has 1 aliphatic rings. The lowest BCUT2D eigenvalue weighted by molar-refractivity contribution is 0.479. The predicted molar refractivity (Wildman–Crippen MR) is 109 cm³/mol. The molecule has 2 aromatic carbocycles. The lowest BCUT2D eigenvalue weighted by Crippen LogP contribution is -2.38. The summed E-state index contributed by atoms with van der Waals surface area (Å²) >= 11 is 0. The van der Waals surface area contributed by atoms with E-state index in [0.717, 1.165) is 53.2 Å². The number of nitriles is 1. The van der Waals surface area contributed by atoms with Crippen LogP contribution in [-0.4, -0.2) is 19.1 Å². The van der Waals surface area contributed by atoms with Gasteiger partial charge in [0, 0.05) is 23.1 Å². The van der Waals surface area contributed by atoms with E-state index in [1.54, 1.807) is 24.4 Å². The molecule has 0 spiro atoms. The molecule has 0 saturated carbocycles. The Morgan fingerprint density at radius 3 is 2.67 bits per heavy atom. The van der Waals surface area contributed by atoms with Crippen LogP contribution in [0.5, 0.6) is 0 Å². The summed E-state index contributed by atoms with van der Waals surface area (Å²) in [5.74, 6) is -0.515. The Kier molecular flexibility index (Phi) is 5.90. The van der Waals surface area contributed by atoms with Crippen LogP contribution in [0.2, 0.25) is 0 Å². The quantitative estimate of drug-likeness (QED) is 0.780. The molecule has 1 heterocycles. The van der Waals surface area contributed by atoms with Crippen LogP contribution in [0.1, 0.15) is 18.4 Å². The molecule has 1 fully saturated rings. The molecule has 0 radical (unpaired) electrons. The number of halogens is 1. The van der Waals surface area contributed by atoms with Crippen LogP contribution in [0.3, 0.4) is 0 Å². The minimum absolute atomic E-state index is 0.0316. The highest BCUT2D eigenvalue weighted by atomic mass is 19.1. The van der Waals surface area contributed by atoms with Gasteiger partial charge in [0.1, 0.15) is 11.9 Å². The van der Waals surface area contributed by atoms with E-state index in [-0.39, 0.29) is 5.56 Å². The molecule has 27 heavy (non-hydrogen) atoms. The Hall–Kier alpha value is -3.10. The van der Waals surface area contributed by atoms with E-state index in [2.05, 4.69) is 17.2 Å². The number of hydrogen-bond acceptors (Lipinski definition) is 4. The number of anilines is 1. The zero-order valence-corrected chi connectivity index (χ0v) is 15.1. The molecular formula is C22H23FN4. The van der Waals surface area contributed by atoms with Crippen LogP contribution in [0.25, 0.3) is 23.4 Å². The molecule has 0 aromatic heterocycles. The summed E-state index contributed by atoms with van der Waals surface area (Å²) in [5.41, 5.74) is 8.55. The first-order valence-electron chi connectivity index (χ1n) is 9.02. The van der Waals surface area contributed by atoms with Crippen LogP contribution in [0.4, 0.5) is 10.1 Å². The van der Waals surface area contributed by atoms with Crippen molar-refractivity contribution < 1.29 is 4.39 Å². The third kappa shape index (κ3) is 4.18. The average molecular weight is 362 g/mol. The Bertz CT molecular complexity index is 998. The topological polar surface area (TPSA) is 73.9 Å². The van der Waals surface area contributed by atoms with Gasteiger partial charge in [0.15, 0.2) is 0 Å². The van der Waals surface area contributed by atoms with E-state index >= 15 is 0 Å². The number of piperidine rings is 1. The Labute approximate surface area is 158 Å². The zero-order chi connectivity index (χ0) is 19.2. The van der Waals surface area contributed by atoms with Gasteiger partial charge in [0.25, 0.3) is 0 Å². The van der Waals surface area contributed by atoms with Crippen LogP contribution in [0, 0.1) is 17.1 Å². The van der Waals surface area contributed by atoms with Crippen LogP contribution in [0.15, 0.2) is 43.0 Å². The Morgan fingerprint density at radius 2 is 2.00 bits per heavy atom. The second-order valence-corrected chi connectivity index (χ2v) is 6.57. The van der Waals surface area contributed by atoms with Gasteiger partial charge in [-0.15, -0.1) is 0 Å². The fraction of sp³-hybridized carbons (Fsp3) is 0.227.